The van der Waals surface area contributed by atoms with Crippen LogP contribution in [0.15, 0.2) is 46.7 Å². The molecular formula is C20H21N3O3S2. The fourth-order valence-corrected chi connectivity index (χ4v) is 5.06. The Hall–Kier alpha value is -2.32. The van der Waals surface area contributed by atoms with E-state index in [1.165, 1.54) is 33.1 Å². The maximum Gasteiger partial charge on any atom is 0.258 e. The Balaban J connectivity index is 1.26. The minimum Gasteiger partial charge on any atom is -0.508 e. The van der Waals surface area contributed by atoms with Gasteiger partial charge in [0.05, 0.1) is 11.4 Å². The van der Waals surface area contributed by atoms with Crippen LogP contribution in [0.25, 0.3) is 4.96 Å². The zero-order valence-electron chi connectivity index (χ0n) is 15.3. The van der Waals surface area contributed by atoms with E-state index in [1.54, 1.807) is 24.4 Å². The molecular weight excluding hydrogens is 394 g/mol. The number of hydrogen-bond acceptors (Lipinski definition) is 6. The summed E-state index contributed by atoms with van der Waals surface area (Å²) in [4.78, 5) is 31.6. The smallest absolute Gasteiger partial charge is 0.258 e. The van der Waals surface area contributed by atoms with Crippen molar-refractivity contribution in [2.45, 2.75) is 24.5 Å². The fourth-order valence-electron chi connectivity index (χ4n) is 3.50. The van der Waals surface area contributed by atoms with Crippen LogP contribution in [0.4, 0.5) is 0 Å². The monoisotopic (exact) mass is 415 g/mol. The highest BCUT2D eigenvalue weighted by atomic mass is 32.2. The number of piperidine rings is 1. The van der Waals surface area contributed by atoms with Gasteiger partial charge in [-0.1, -0.05) is 12.1 Å². The normalized spacial score (nSPS) is 15.2. The molecule has 0 unspecified atom stereocenters. The average Bonchev–Trinajstić information content (AvgIpc) is 3.18. The number of likely N-dealkylation sites (tertiary alicyclic amines) is 1. The summed E-state index contributed by atoms with van der Waals surface area (Å²) < 4.78 is 1.53. The van der Waals surface area contributed by atoms with Crippen LogP contribution < -0.4 is 5.56 Å². The molecule has 4 rings (SSSR count). The van der Waals surface area contributed by atoms with Gasteiger partial charge < -0.3 is 10.0 Å². The number of thioether (sulfide) groups is 1. The molecule has 6 nitrogen and oxygen atoms in total. The van der Waals surface area contributed by atoms with E-state index in [1.807, 2.05) is 22.4 Å². The Morgan fingerprint density at radius 3 is 2.75 bits per heavy atom. The second-order valence-corrected chi connectivity index (χ2v) is 8.74. The zero-order valence-corrected chi connectivity index (χ0v) is 16.9. The van der Waals surface area contributed by atoms with Crippen LogP contribution in [0, 0.1) is 0 Å². The molecule has 1 aromatic carbocycles. The summed E-state index contributed by atoms with van der Waals surface area (Å²) in [6, 6.07) is 8.91. The number of carbonyl (C=O) groups excluding carboxylic acids is 1. The van der Waals surface area contributed by atoms with Gasteiger partial charge in [-0.3, -0.25) is 14.0 Å². The number of fused-ring (bicyclic) bond motifs is 1. The number of aromatic nitrogens is 2. The summed E-state index contributed by atoms with van der Waals surface area (Å²) in [6.07, 6.45) is 3.60. The summed E-state index contributed by atoms with van der Waals surface area (Å²) in [5, 5.41) is 11.3. The molecule has 0 bridgehead atoms. The Labute approximate surface area is 170 Å². The first kappa shape index (κ1) is 19.0. The number of phenolic OH excluding ortho intramolecular Hbond substituents is 1. The Morgan fingerprint density at radius 1 is 1.25 bits per heavy atom. The lowest BCUT2D eigenvalue weighted by atomic mass is 9.89. The lowest BCUT2D eigenvalue weighted by Crippen LogP contribution is -2.38. The van der Waals surface area contributed by atoms with Crippen LogP contribution in [0.3, 0.4) is 0 Å². The van der Waals surface area contributed by atoms with Crippen LogP contribution in [-0.2, 0) is 10.5 Å². The van der Waals surface area contributed by atoms with Gasteiger partial charge >= 0.3 is 0 Å². The molecule has 1 fully saturated rings. The maximum absolute atomic E-state index is 12.5. The highest BCUT2D eigenvalue weighted by molar-refractivity contribution is 7.99. The molecule has 1 saturated heterocycles. The van der Waals surface area contributed by atoms with Gasteiger partial charge in [0.15, 0.2) is 4.96 Å². The summed E-state index contributed by atoms with van der Waals surface area (Å²) in [5.41, 5.74) is 1.86. The van der Waals surface area contributed by atoms with E-state index in [0.717, 1.165) is 31.6 Å². The zero-order chi connectivity index (χ0) is 19.5. The number of aromatic hydroxyl groups is 1. The van der Waals surface area contributed by atoms with E-state index in [9.17, 15) is 14.7 Å². The third-order valence-corrected chi connectivity index (χ3v) is 6.75. The molecule has 3 aromatic rings. The lowest BCUT2D eigenvalue weighted by Gasteiger charge is -2.32. The first-order valence-corrected chi connectivity index (χ1v) is 11.2. The fraction of sp³-hybridized carbons (Fsp3) is 0.350. The van der Waals surface area contributed by atoms with Gasteiger partial charge in [0, 0.05) is 36.5 Å². The van der Waals surface area contributed by atoms with Crippen molar-refractivity contribution in [2.75, 3.05) is 18.8 Å². The molecule has 0 spiro atoms. The molecule has 2 aromatic heterocycles. The first-order chi connectivity index (χ1) is 13.6. The molecule has 1 aliphatic heterocycles. The van der Waals surface area contributed by atoms with Crippen molar-refractivity contribution < 1.29 is 9.90 Å². The molecule has 3 heterocycles. The topological polar surface area (TPSA) is 74.9 Å². The van der Waals surface area contributed by atoms with Gasteiger partial charge in [0.2, 0.25) is 5.91 Å². The van der Waals surface area contributed by atoms with Gasteiger partial charge in [0.1, 0.15) is 5.75 Å². The number of thiazole rings is 1. The predicted octanol–water partition coefficient (Wildman–Crippen LogP) is 3.10. The number of hydrogen-bond donors (Lipinski definition) is 1. The second kappa shape index (κ2) is 8.36. The minimum atomic E-state index is -0.0792. The van der Waals surface area contributed by atoms with Crippen LogP contribution in [0.1, 0.15) is 30.0 Å². The van der Waals surface area contributed by atoms with Gasteiger partial charge in [0.25, 0.3) is 5.56 Å². The number of amides is 1. The standard InChI is InChI=1S/C20H21N3O3S2/c24-17-3-1-14(2-4-17)15-5-7-22(8-6-15)19(26)13-27-12-16-11-18(25)23-9-10-28-20(23)21-16/h1-4,9-11,15,24H,5-8,12-13H2. The number of phenols is 1. The summed E-state index contributed by atoms with van der Waals surface area (Å²) in [7, 11) is 0. The maximum atomic E-state index is 12.5. The number of nitrogens with zero attached hydrogens (tertiary/aromatic N) is 3. The molecule has 0 aliphatic carbocycles. The molecule has 0 atom stereocenters. The van der Waals surface area contributed by atoms with Crippen LogP contribution >= 0.6 is 23.1 Å². The molecule has 1 N–H and O–H groups in total. The predicted molar refractivity (Wildman–Crippen MR) is 112 cm³/mol. The summed E-state index contributed by atoms with van der Waals surface area (Å²) >= 11 is 2.93. The minimum absolute atomic E-state index is 0.0792. The highest BCUT2D eigenvalue weighted by Crippen LogP contribution is 2.29. The Kier molecular flexibility index (Phi) is 5.68. The SMILES string of the molecule is O=C(CSCc1cc(=O)n2ccsc2n1)N1CCC(c2ccc(O)cc2)CC1. The van der Waals surface area contributed by atoms with Crippen LogP contribution in [0.2, 0.25) is 0 Å². The molecule has 1 aliphatic rings. The van der Waals surface area contributed by atoms with Gasteiger partial charge in [-0.15, -0.1) is 23.1 Å². The van der Waals surface area contributed by atoms with E-state index in [2.05, 4.69) is 4.98 Å². The van der Waals surface area contributed by atoms with E-state index in [0.29, 0.717) is 22.4 Å². The largest absolute Gasteiger partial charge is 0.508 e. The van der Waals surface area contributed by atoms with E-state index >= 15 is 0 Å². The Bertz CT molecular complexity index is 1020. The van der Waals surface area contributed by atoms with Crippen molar-refractivity contribution in [2.24, 2.45) is 0 Å². The van der Waals surface area contributed by atoms with E-state index in [-0.39, 0.29) is 17.2 Å². The summed E-state index contributed by atoms with van der Waals surface area (Å²) in [5.74, 6) is 1.81. The van der Waals surface area contributed by atoms with Gasteiger partial charge in [-0.25, -0.2) is 4.98 Å². The second-order valence-electron chi connectivity index (χ2n) is 6.88. The highest BCUT2D eigenvalue weighted by Gasteiger charge is 2.23. The van der Waals surface area contributed by atoms with Crippen molar-refractivity contribution in [3.8, 4) is 5.75 Å². The van der Waals surface area contributed by atoms with Crippen molar-refractivity contribution in [1.29, 1.82) is 0 Å². The van der Waals surface area contributed by atoms with Crippen molar-refractivity contribution in [3.05, 3.63) is 63.5 Å². The molecule has 0 saturated carbocycles. The van der Waals surface area contributed by atoms with Crippen molar-refractivity contribution >= 4 is 34.0 Å². The van der Waals surface area contributed by atoms with Gasteiger partial charge in [-0.05, 0) is 36.5 Å². The van der Waals surface area contributed by atoms with E-state index in [4.69, 9.17) is 0 Å². The van der Waals surface area contributed by atoms with Crippen molar-refractivity contribution in [1.82, 2.24) is 14.3 Å². The summed E-state index contributed by atoms with van der Waals surface area (Å²) in [6.45, 7) is 1.51. The molecule has 0 radical (unpaired) electrons. The Morgan fingerprint density at radius 2 is 2.00 bits per heavy atom. The molecule has 146 valence electrons. The lowest BCUT2D eigenvalue weighted by molar-refractivity contribution is -0.129. The quantitative estimate of drug-likeness (QED) is 0.693. The number of rotatable bonds is 5. The first-order valence-electron chi connectivity index (χ1n) is 9.20. The molecule has 28 heavy (non-hydrogen) atoms. The van der Waals surface area contributed by atoms with Crippen LogP contribution in [-0.4, -0.2) is 44.1 Å². The third kappa shape index (κ3) is 4.23. The van der Waals surface area contributed by atoms with Gasteiger partial charge in [-0.2, -0.15) is 0 Å². The number of benzene rings is 1. The van der Waals surface area contributed by atoms with Crippen molar-refractivity contribution in [3.63, 3.8) is 0 Å². The average molecular weight is 416 g/mol. The molecule has 8 heteroatoms. The number of carbonyl (C=O) groups is 1. The van der Waals surface area contributed by atoms with Crippen LogP contribution in [0.5, 0.6) is 5.75 Å². The van der Waals surface area contributed by atoms with E-state index < -0.39 is 0 Å². The third-order valence-electron chi connectivity index (χ3n) is 5.04. The molecule has 1 amide bonds.